The van der Waals surface area contributed by atoms with E-state index >= 15 is 0 Å². The Morgan fingerprint density at radius 3 is 2.50 bits per heavy atom. The van der Waals surface area contributed by atoms with E-state index < -0.39 is 15.9 Å². The molecule has 1 saturated carbocycles. The van der Waals surface area contributed by atoms with E-state index in [0.717, 1.165) is 23.1 Å². The Morgan fingerprint density at radius 1 is 1.29 bits per heavy atom. The number of carbonyl (C=O) groups is 2. The van der Waals surface area contributed by atoms with Gasteiger partial charge in [0.05, 0.1) is 11.3 Å². The zero-order chi connectivity index (χ0) is 20.6. The van der Waals surface area contributed by atoms with Gasteiger partial charge in [-0.25, -0.2) is 8.42 Å². The fourth-order valence-corrected chi connectivity index (χ4v) is 5.57. The minimum atomic E-state index is -3.48. The first-order valence-electron chi connectivity index (χ1n) is 9.34. The van der Waals surface area contributed by atoms with E-state index in [-0.39, 0.29) is 29.1 Å². The average molecular weight is 424 g/mol. The first-order valence-corrected chi connectivity index (χ1v) is 11.8. The van der Waals surface area contributed by atoms with Gasteiger partial charge in [-0.1, -0.05) is 20.8 Å². The Hall–Kier alpha value is -2.13. The summed E-state index contributed by atoms with van der Waals surface area (Å²) in [4.78, 5) is 24.4. The smallest absolute Gasteiger partial charge is 0.252 e. The van der Waals surface area contributed by atoms with Crippen LogP contribution in [0.5, 0.6) is 0 Å². The molecule has 7 nitrogen and oxygen atoms in total. The molecule has 3 rings (SSSR count). The predicted octanol–water partition coefficient (Wildman–Crippen LogP) is 3.62. The molecule has 0 radical (unpaired) electrons. The molecule has 1 aliphatic carbocycles. The van der Waals surface area contributed by atoms with Crippen molar-refractivity contribution in [3.8, 4) is 0 Å². The van der Waals surface area contributed by atoms with E-state index in [2.05, 4.69) is 10.0 Å². The molecule has 2 aromatic rings. The third-order valence-corrected chi connectivity index (χ3v) is 7.28. The van der Waals surface area contributed by atoms with Crippen molar-refractivity contribution in [1.29, 1.82) is 0 Å². The minimum Gasteiger partial charge on any atom is -0.365 e. The maximum Gasteiger partial charge on any atom is 0.252 e. The van der Waals surface area contributed by atoms with E-state index in [9.17, 15) is 18.0 Å². The highest BCUT2D eigenvalue weighted by Gasteiger charge is 2.31. The lowest BCUT2D eigenvalue weighted by atomic mass is 9.99. The van der Waals surface area contributed by atoms with Crippen LogP contribution in [0.2, 0.25) is 0 Å². The van der Waals surface area contributed by atoms with Crippen LogP contribution >= 0.6 is 11.3 Å². The van der Waals surface area contributed by atoms with E-state index in [1.165, 1.54) is 11.3 Å². The van der Waals surface area contributed by atoms with E-state index in [1.54, 1.807) is 19.1 Å². The van der Waals surface area contributed by atoms with Crippen LogP contribution in [0.1, 0.15) is 61.9 Å². The molecule has 0 spiro atoms. The number of hydrogen-bond donors (Lipinski definition) is 3. The number of primary amides is 1. The van der Waals surface area contributed by atoms with Crippen molar-refractivity contribution < 1.29 is 18.0 Å². The number of sulfonamides is 1. The van der Waals surface area contributed by atoms with Crippen molar-refractivity contribution >= 4 is 53.9 Å². The van der Waals surface area contributed by atoms with Gasteiger partial charge >= 0.3 is 0 Å². The molecule has 0 unspecified atom stereocenters. The number of thiophene rings is 1. The molecular formula is C19H25N3O4S2. The van der Waals surface area contributed by atoms with Crippen LogP contribution in [0.15, 0.2) is 12.1 Å². The van der Waals surface area contributed by atoms with Gasteiger partial charge in [0.25, 0.3) is 5.91 Å². The number of anilines is 2. The lowest BCUT2D eigenvalue weighted by Crippen LogP contribution is -2.18. The molecule has 1 aromatic heterocycles. The number of rotatable bonds is 8. The van der Waals surface area contributed by atoms with Gasteiger partial charge in [0.15, 0.2) is 0 Å². The van der Waals surface area contributed by atoms with Gasteiger partial charge in [-0.05, 0) is 42.9 Å². The maximum absolute atomic E-state index is 12.2. The minimum absolute atomic E-state index is 0.00748. The number of amides is 2. The first kappa shape index (κ1) is 20.6. The van der Waals surface area contributed by atoms with Gasteiger partial charge in [0.2, 0.25) is 15.9 Å². The van der Waals surface area contributed by atoms with E-state index in [1.807, 2.05) is 13.8 Å². The fraction of sp³-hybridized carbons (Fsp3) is 0.474. The highest BCUT2D eigenvalue weighted by Crippen LogP contribution is 2.42. The lowest BCUT2D eigenvalue weighted by Gasteiger charge is -2.13. The number of fused-ring (bicyclic) bond motifs is 1. The molecule has 2 amide bonds. The van der Waals surface area contributed by atoms with Crippen molar-refractivity contribution in [2.75, 3.05) is 15.8 Å². The molecular weight excluding hydrogens is 398 g/mol. The summed E-state index contributed by atoms with van der Waals surface area (Å²) in [6, 6.07) is 3.41. The molecule has 152 valence electrons. The van der Waals surface area contributed by atoms with Crippen LogP contribution in [0.3, 0.4) is 0 Å². The summed E-state index contributed by atoms with van der Waals surface area (Å²) in [6.45, 7) is 5.78. The molecule has 0 aliphatic heterocycles. The Kier molecular flexibility index (Phi) is 5.67. The Morgan fingerprint density at radius 2 is 1.96 bits per heavy atom. The van der Waals surface area contributed by atoms with E-state index in [4.69, 9.17) is 5.73 Å². The van der Waals surface area contributed by atoms with Crippen LogP contribution in [0.25, 0.3) is 10.1 Å². The maximum atomic E-state index is 12.2. The fourth-order valence-electron chi connectivity index (χ4n) is 3.11. The number of hydrogen-bond acceptors (Lipinski definition) is 5. The SMILES string of the molecule is CCCS(=O)(=O)Nc1cc(C(C)C)c2sc(NC(=O)C3CC3)c(C(N)=O)c2c1. The van der Waals surface area contributed by atoms with Crippen LogP contribution in [-0.4, -0.2) is 26.0 Å². The quantitative estimate of drug-likeness (QED) is 0.601. The van der Waals surface area contributed by atoms with Gasteiger partial charge in [-0.2, -0.15) is 0 Å². The van der Waals surface area contributed by atoms with Crippen molar-refractivity contribution in [2.45, 2.75) is 46.0 Å². The summed E-state index contributed by atoms with van der Waals surface area (Å²) in [5, 5.41) is 3.82. The molecule has 28 heavy (non-hydrogen) atoms. The van der Waals surface area contributed by atoms with Crippen LogP contribution in [0, 0.1) is 5.92 Å². The van der Waals surface area contributed by atoms with E-state index in [0.29, 0.717) is 22.5 Å². The topological polar surface area (TPSA) is 118 Å². The number of nitrogens with two attached hydrogens (primary N) is 1. The zero-order valence-electron chi connectivity index (χ0n) is 16.2. The van der Waals surface area contributed by atoms with Crippen LogP contribution < -0.4 is 15.8 Å². The second kappa shape index (κ2) is 7.71. The largest absolute Gasteiger partial charge is 0.365 e. The summed E-state index contributed by atoms with van der Waals surface area (Å²) in [5.74, 6) is -0.669. The van der Waals surface area contributed by atoms with Crippen molar-refractivity contribution in [1.82, 2.24) is 0 Å². The van der Waals surface area contributed by atoms with Crippen LogP contribution in [0.4, 0.5) is 10.7 Å². The summed E-state index contributed by atoms with van der Waals surface area (Å²) in [5.41, 5.74) is 7.14. The molecule has 0 saturated heterocycles. The molecule has 0 atom stereocenters. The highest BCUT2D eigenvalue weighted by molar-refractivity contribution is 7.92. The molecule has 4 N–H and O–H groups in total. The van der Waals surface area contributed by atoms with Gasteiger partial charge in [-0.15, -0.1) is 11.3 Å². The normalized spacial score (nSPS) is 14.4. The summed E-state index contributed by atoms with van der Waals surface area (Å²) >= 11 is 1.31. The monoisotopic (exact) mass is 423 g/mol. The molecule has 1 fully saturated rings. The average Bonchev–Trinajstić information content (AvgIpc) is 3.35. The predicted molar refractivity (Wildman–Crippen MR) is 113 cm³/mol. The molecule has 0 bridgehead atoms. The van der Waals surface area contributed by atoms with Gasteiger partial charge < -0.3 is 11.1 Å². The number of benzene rings is 1. The third-order valence-electron chi connectivity index (χ3n) is 4.62. The summed E-state index contributed by atoms with van der Waals surface area (Å²) in [6.07, 6.45) is 2.20. The Bertz CT molecular complexity index is 1040. The van der Waals surface area contributed by atoms with Crippen molar-refractivity contribution in [3.63, 3.8) is 0 Å². The zero-order valence-corrected chi connectivity index (χ0v) is 17.8. The Balaban J connectivity index is 2.14. The van der Waals surface area contributed by atoms with Crippen molar-refractivity contribution in [3.05, 3.63) is 23.3 Å². The number of nitrogens with one attached hydrogen (secondary N) is 2. The summed E-state index contributed by atoms with van der Waals surface area (Å²) in [7, 11) is -3.48. The molecule has 1 aliphatic rings. The standard InChI is InChI=1S/C19H25N3O4S2/c1-4-7-28(25,26)22-12-8-13(10(2)3)16-14(9-12)15(17(20)23)19(27-16)21-18(24)11-5-6-11/h8-11,22H,4-7H2,1-3H3,(H2,20,23)(H,21,24). The van der Waals surface area contributed by atoms with Crippen LogP contribution in [-0.2, 0) is 14.8 Å². The molecule has 1 aromatic carbocycles. The third kappa shape index (κ3) is 4.30. The van der Waals surface area contributed by atoms with Gasteiger partial charge in [0, 0.05) is 21.7 Å². The second-order valence-corrected chi connectivity index (χ2v) is 10.3. The highest BCUT2D eigenvalue weighted by atomic mass is 32.2. The van der Waals surface area contributed by atoms with Crippen molar-refractivity contribution in [2.24, 2.45) is 11.7 Å². The molecule has 9 heteroatoms. The summed E-state index contributed by atoms with van der Waals surface area (Å²) < 4.78 is 27.8. The van der Waals surface area contributed by atoms with Gasteiger partial charge in [0.1, 0.15) is 5.00 Å². The number of carbonyl (C=O) groups excluding carboxylic acids is 2. The molecule has 1 heterocycles. The second-order valence-electron chi connectivity index (χ2n) is 7.45. The first-order chi connectivity index (χ1) is 13.1. The van der Waals surface area contributed by atoms with Gasteiger partial charge in [-0.3, -0.25) is 14.3 Å². The Labute approximate surface area is 168 Å². The lowest BCUT2D eigenvalue weighted by molar-refractivity contribution is -0.117.